The molecule has 1 heterocycles. The molecule has 1 N–H and O–H groups in total. The van der Waals surface area contributed by atoms with Gasteiger partial charge in [0, 0.05) is 19.1 Å². The van der Waals surface area contributed by atoms with Gasteiger partial charge in [-0.25, -0.2) is 0 Å². The Morgan fingerprint density at radius 3 is 2.60 bits per heavy atom. The summed E-state index contributed by atoms with van der Waals surface area (Å²) >= 11 is 0. The van der Waals surface area contributed by atoms with Crippen LogP contribution in [0.1, 0.15) is 33.1 Å². The normalized spacial score (nSPS) is 21.5. The first kappa shape index (κ1) is 12.7. The highest BCUT2D eigenvalue weighted by molar-refractivity contribution is 4.77. The van der Waals surface area contributed by atoms with Gasteiger partial charge in [0.1, 0.15) is 0 Å². The molecule has 88 valence electrons. The Morgan fingerprint density at radius 1 is 1.33 bits per heavy atom. The lowest BCUT2D eigenvalue weighted by molar-refractivity contribution is 0.314. The van der Waals surface area contributed by atoms with Crippen molar-refractivity contribution in [3.05, 3.63) is 12.7 Å². The minimum Gasteiger partial charge on any atom is -0.313 e. The number of hydrogen-bond acceptors (Lipinski definition) is 2. The second kappa shape index (κ2) is 7.02. The topological polar surface area (TPSA) is 15.3 Å². The van der Waals surface area contributed by atoms with Crippen molar-refractivity contribution in [2.24, 2.45) is 5.92 Å². The molecule has 1 aliphatic rings. The molecule has 1 rings (SSSR count). The first-order valence-corrected chi connectivity index (χ1v) is 6.30. The summed E-state index contributed by atoms with van der Waals surface area (Å²) < 4.78 is 0. The Labute approximate surface area is 94.7 Å². The lowest BCUT2D eigenvalue weighted by Crippen LogP contribution is -2.37. The van der Waals surface area contributed by atoms with Crippen LogP contribution in [0.15, 0.2) is 12.7 Å². The van der Waals surface area contributed by atoms with Crippen LogP contribution in [0.5, 0.6) is 0 Å². The van der Waals surface area contributed by atoms with E-state index in [0.717, 1.165) is 13.0 Å². The van der Waals surface area contributed by atoms with Gasteiger partial charge in [-0.15, -0.1) is 6.58 Å². The summed E-state index contributed by atoms with van der Waals surface area (Å²) in [6.07, 6.45) is 5.91. The summed E-state index contributed by atoms with van der Waals surface area (Å²) in [5.41, 5.74) is 0. The number of nitrogens with zero attached hydrogens (tertiary/aromatic N) is 1. The lowest BCUT2D eigenvalue weighted by atomic mass is 10.00. The predicted molar refractivity (Wildman–Crippen MR) is 67.1 cm³/mol. The smallest absolute Gasteiger partial charge is 0.0107 e. The third-order valence-electron chi connectivity index (χ3n) is 3.49. The molecule has 1 aliphatic heterocycles. The Kier molecular flexibility index (Phi) is 5.96. The maximum absolute atomic E-state index is 3.79. The van der Waals surface area contributed by atoms with Gasteiger partial charge in [0.05, 0.1) is 0 Å². The molecule has 0 aromatic carbocycles. The Bertz CT molecular complexity index is 173. The van der Waals surface area contributed by atoms with Crippen molar-refractivity contribution < 1.29 is 0 Å². The summed E-state index contributed by atoms with van der Waals surface area (Å²) in [4.78, 5) is 2.55. The van der Waals surface area contributed by atoms with Gasteiger partial charge in [0.2, 0.25) is 0 Å². The van der Waals surface area contributed by atoms with Crippen molar-refractivity contribution in [1.29, 1.82) is 0 Å². The first-order chi connectivity index (χ1) is 7.24. The van der Waals surface area contributed by atoms with Crippen LogP contribution in [-0.4, -0.2) is 37.1 Å². The second-order valence-corrected chi connectivity index (χ2v) is 4.79. The largest absolute Gasteiger partial charge is 0.313 e. The van der Waals surface area contributed by atoms with E-state index in [-0.39, 0.29) is 0 Å². The van der Waals surface area contributed by atoms with Gasteiger partial charge >= 0.3 is 0 Å². The maximum atomic E-state index is 3.79. The monoisotopic (exact) mass is 210 g/mol. The van der Waals surface area contributed by atoms with Gasteiger partial charge in [0.15, 0.2) is 0 Å². The molecule has 0 radical (unpaired) electrons. The fraction of sp³-hybridized carbons (Fsp3) is 0.846. The summed E-state index contributed by atoms with van der Waals surface area (Å²) in [5.74, 6) is 0.695. The molecule has 0 aromatic rings. The highest BCUT2D eigenvalue weighted by atomic mass is 15.2. The van der Waals surface area contributed by atoms with Crippen LogP contribution in [-0.2, 0) is 0 Å². The third kappa shape index (κ3) is 4.80. The van der Waals surface area contributed by atoms with E-state index in [1.54, 1.807) is 0 Å². The van der Waals surface area contributed by atoms with Gasteiger partial charge in [0.25, 0.3) is 0 Å². The molecule has 0 amide bonds. The predicted octanol–water partition coefficient (Wildman–Crippen LogP) is 2.27. The van der Waals surface area contributed by atoms with E-state index in [1.165, 1.54) is 32.5 Å². The second-order valence-electron chi connectivity index (χ2n) is 4.79. The van der Waals surface area contributed by atoms with E-state index < -0.39 is 0 Å². The average Bonchev–Trinajstić information content (AvgIpc) is 2.71. The highest BCUT2D eigenvalue weighted by Crippen LogP contribution is 2.08. The molecule has 0 bridgehead atoms. The third-order valence-corrected chi connectivity index (χ3v) is 3.49. The van der Waals surface area contributed by atoms with Gasteiger partial charge in [-0.05, 0) is 45.2 Å². The summed E-state index contributed by atoms with van der Waals surface area (Å²) in [5, 5.41) is 3.60. The number of hydrogen-bond donors (Lipinski definition) is 1. The molecular formula is C13H26N2. The van der Waals surface area contributed by atoms with Crippen molar-refractivity contribution in [2.45, 2.75) is 39.2 Å². The van der Waals surface area contributed by atoms with Crippen LogP contribution in [0.25, 0.3) is 0 Å². The van der Waals surface area contributed by atoms with Crippen LogP contribution in [0.2, 0.25) is 0 Å². The summed E-state index contributed by atoms with van der Waals surface area (Å²) in [6, 6.07) is 0.602. The van der Waals surface area contributed by atoms with Gasteiger partial charge < -0.3 is 10.2 Å². The van der Waals surface area contributed by atoms with Gasteiger partial charge in [-0.1, -0.05) is 13.0 Å². The van der Waals surface area contributed by atoms with Crippen molar-refractivity contribution >= 4 is 0 Å². The standard InChI is InChI=1S/C13H26N2/c1-4-7-12(2)13(3)14-8-11-15-9-5-6-10-15/h4,12-14H,1,5-11H2,2-3H3. The molecule has 0 saturated carbocycles. The van der Waals surface area contributed by atoms with E-state index >= 15 is 0 Å². The molecule has 2 nitrogen and oxygen atoms in total. The molecule has 0 aromatic heterocycles. The molecule has 2 unspecified atom stereocenters. The van der Waals surface area contributed by atoms with E-state index in [9.17, 15) is 0 Å². The Balaban J connectivity index is 2.05. The van der Waals surface area contributed by atoms with E-state index in [2.05, 4.69) is 30.6 Å². The van der Waals surface area contributed by atoms with Crippen molar-refractivity contribution in [1.82, 2.24) is 10.2 Å². The molecular weight excluding hydrogens is 184 g/mol. The molecule has 2 heteroatoms. The Hall–Kier alpha value is -0.340. The van der Waals surface area contributed by atoms with Crippen LogP contribution in [0, 0.1) is 5.92 Å². The van der Waals surface area contributed by atoms with Crippen molar-refractivity contribution in [3.8, 4) is 0 Å². The van der Waals surface area contributed by atoms with Crippen LogP contribution >= 0.6 is 0 Å². The van der Waals surface area contributed by atoms with Crippen molar-refractivity contribution in [3.63, 3.8) is 0 Å². The first-order valence-electron chi connectivity index (χ1n) is 6.30. The van der Waals surface area contributed by atoms with Crippen LogP contribution < -0.4 is 5.32 Å². The zero-order chi connectivity index (χ0) is 11.1. The number of allylic oxidation sites excluding steroid dienone is 1. The average molecular weight is 210 g/mol. The SMILES string of the molecule is C=CCC(C)C(C)NCCN1CCCC1. The fourth-order valence-corrected chi connectivity index (χ4v) is 2.12. The minimum absolute atomic E-state index is 0.602. The van der Waals surface area contributed by atoms with Gasteiger partial charge in [-0.2, -0.15) is 0 Å². The lowest BCUT2D eigenvalue weighted by Gasteiger charge is -2.22. The maximum Gasteiger partial charge on any atom is 0.0107 e. The Morgan fingerprint density at radius 2 is 2.00 bits per heavy atom. The number of likely N-dealkylation sites (tertiary alicyclic amines) is 1. The highest BCUT2D eigenvalue weighted by Gasteiger charge is 2.13. The summed E-state index contributed by atoms with van der Waals surface area (Å²) in [7, 11) is 0. The molecule has 1 fully saturated rings. The molecule has 0 aliphatic carbocycles. The molecule has 0 spiro atoms. The van der Waals surface area contributed by atoms with Crippen molar-refractivity contribution in [2.75, 3.05) is 26.2 Å². The quantitative estimate of drug-likeness (QED) is 0.649. The zero-order valence-corrected chi connectivity index (χ0v) is 10.3. The van der Waals surface area contributed by atoms with E-state index in [0.29, 0.717) is 12.0 Å². The van der Waals surface area contributed by atoms with E-state index in [4.69, 9.17) is 0 Å². The van der Waals surface area contributed by atoms with E-state index in [1.807, 2.05) is 6.08 Å². The van der Waals surface area contributed by atoms with Crippen LogP contribution in [0.3, 0.4) is 0 Å². The zero-order valence-electron chi connectivity index (χ0n) is 10.3. The molecule has 15 heavy (non-hydrogen) atoms. The fourth-order valence-electron chi connectivity index (χ4n) is 2.12. The number of nitrogens with one attached hydrogen (secondary N) is 1. The van der Waals surface area contributed by atoms with Crippen LogP contribution in [0.4, 0.5) is 0 Å². The molecule has 2 atom stereocenters. The molecule has 1 saturated heterocycles. The number of rotatable bonds is 7. The van der Waals surface area contributed by atoms with Gasteiger partial charge in [-0.3, -0.25) is 0 Å². The summed E-state index contributed by atoms with van der Waals surface area (Å²) in [6.45, 7) is 13.3. The minimum atomic E-state index is 0.602.